The number of halogens is 1. The first-order chi connectivity index (χ1) is 13.6. The van der Waals surface area contributed by atoms with Gasteiger partial charge in [0.2, 0.25) is 5.91 Å². The molecule has 2 N–H and O–H groups in total. The second kappa shape index (κ2) is 7.85. The van der Waals surface area contributed by atoms with Crippen LogP contribution >= 0.6 is 11.3 Å². The number of nitrogens with zero attached hydrogens (tertiary/aromatic N) is 2. The fourth-order valence-electron chi connectivity index (χ4n) is 3.12. The molecule has 1 aliphatic rings. The number of fused-ring (bicyclic) bond motifs is 1. The lowest BCUT2D eigenvalue weighted by Crippen LogP contribution is -2.28. The molecule has 28 heavy (non-hydrogen) atoms. The number of carbonyl (C=O) groups excluding carboxylic acids is 2. The molecular weight excluding hydrogens is 379 g/mol. The summed E-state index contributed by atoms with van der Waals surface area (Å²) in [6, 6.07) is 9.03. The summed E-state index contributed by atoms with van der Waals surface area (Å²) in [5.41, 5.74) is 2.00. The summed E-state index contributed by atoms with van der Waals surface area (Å²) in [7, 11) is 0. The molecule has 1 atom stereocenters. The number of aryl methyl sites for hydroxylation is 1. The maximum atomic E-state index is 13.0. The number of aromatic nitrogens is 2. The number of pyridine rings is 1. The van der Waals surface area contributed by atoms with E-state index in [2.05, 4.69) is 20.6 Å². The van der Waals surface area contributed by atoms with Crippen LogP contribution in [0.5, 0.6) is 0 Å². The number of rotatable bonds is 5. The van der Waals surface area contributed by atoms with Crippen molar-refractivity contribution in [3.63, 3.8) is 0 Å². The molecule has 1 aliphatic carbocycles. The van der Waals surface area contributed by atoms with Gasteiger partial charge in [0.1, 0.15) is 5.82 Å². The first-order valence-electron chi connectivity index (χ1n) is 8.83. The Kier molecular flexibility index (Phi) is 5.12. The van der Waals surface area contributed by atoms with Crippen molar-refractivity contribution in [2.75, 3.05) is 5.32 Å². The van der Waals surface area contributed by atoms with Crippen LogP contribution in [-0.4, -0.2) is 21.8 Å². The van der Waals surface area contributed by atoms with E-state index in [4.69, 9.17) is 0 Å². The van der Waals surface area contributed by atoms with Crippen molar-refractivity contribution in [1.29, 1.82) is 0 Å². The maximum Gasteiger partial charge on any atom is 0.257 e. The minimum Gasteiger partial charge on any atom is -0.351 e. The van der Waals surface area contributed by atoms with E-state index >= 15 is 0 Å². The molecule has 142 valence electrons. The van der Waals surface area contributed by atoms with Gasteiger partial charge in [-0.2, -0.15) is 0 Å². The first kappa shape index (κ1) is 18.2. The lowest BCUT2D eigenvalue weighted by Gasteiger charge is -2.10. The number of nitrogens with one attached hydrogen (secondary N) is 2. The maximum absolute atomic E-state index is 13.0. The molecule has 2 amide bonds. The number of benzene rings is 1. The van der Waals surface area contributed by atoms with Crippen molar-refractivity contribution < 1.29 is 14.0 Å². The minimum absolute atomic E-state index is 0.0793. The second-order valence-electron chi connectivity index (χ2n) is 6.46. The smallest absolute Gasteiger partial charge is 0.257 e. The molecule has 0 fully saturated rings. The molecule has 0 saturated carbocycles. The van der Waals surface area contributed by atoms with Gasteiger partial charge in [-0.15, -0.1) is 11.3 Å². The van der Waals surface area contributed by atoms with Crippen LogP contribution in [0.3, 0.4) is 0 Å². The average molecular weight is 396 g/mol. The van der Waals surface area contributed by atoms with Crippen molar-refractivity contribution in [3.05, 3.63) is 76.3 Å². The van der Waals surface area contributed by atoms with Gasteiger partial charge in [-0.3, -0.25) is 19.9 Å². The second-order valence-corrected chi connectivity index (χ2v) is 7.54. The summed E-state index contributed by atoms with van der Waals surface area (Å²) >= 11 is 1.38. The summed E-state index contributed by atoms with van der Waals surface area (Å²) in [4.78, 5) is 34.4. The van der Waals surface area contributed by atoms with Crippen molar-refractivity contribution in [1.82, 2.24) is 15.3 Å². The third-order valence-corrected chi connectivity index (χ3v) is 5.60. The van der Waals surface area contributed by atoms with Gasteiger partial charge in [-0.05, 0) is 48.7 Å². The van der Waals surface area contributed by atoms with Crippen molar-refractivity contribution in [3.8, 4) is 0 Å². The summed E-state index contributed by atoms with van der Waals surface area (Å²) in [5, 5.41) is 6.10. The van der Waals surface area contributed by atoms with Crippen LogP contribution in [0.4, 0.5) is 9.52 Å². The predicted molar refractivity (Wildman–Crippen MR) is 104 cm³/mol. The van der Waals surface area contributed by atoms with Gasteiger partial charge < -0.3 is 5.32 Å². The number of thiazole rings is 1. The van der Waals surface area contributed by atoms with Crippen LogP contribution in [0.1, 0.15) is 38.8 Å². The first-order valence-corrected chi connectivity index (χ1v) is 9.65. The Hall–Kier alpha value is -3.13. The number of amides is 2. The monoisotopic (exact) mass is 396 g/mol. The van der Waals surface area contributed by atoms with Gasteiger partial charge >= 0.3 is 0 Å². The molecule has 2 aromatic heterocycles. The Morgan fingerprint density at radius 2 is 2.04 bits per heavy atom. The van der Waals surface area contributed by atoms with Crippen LogP contribution in [0, 0.1) is 5.82 Å². The molecule has 8 heteroatoms. The molecule has 1 aromatic carbocycles. The van der Waals surface area contributed by atoms with Crippen LogP contribution in [0.15, 0.2) is 48.8 Å². The van der Waals surface area contributed by atoms with Gasteiger partial charge in [0.05, 0.1) is 11.6 Å². The highest BCUT2D eigenvalue weighted by atomic mass is 32.1. The average Bonchev–Trinajstić information content (AvgIpc) is 3.27. The van der Waals surface area contributed by atoms with Gasteiger partial charge in [-0.25, -0.2) is 9.37 Å². The number of anilines is 1. The fourth-order valence-corrected chi connectivity index (χ4v) is 4.15. The highest BCUT2D eigenvalue weighted by Crippen LogP contribution is 2.38. The molecule has 0 unspecified atom stereocenters. The van der Waals surface area contributed by atoms with Gasteiger partial charge in [-0.1, -0.05) is 6.07 Å². The van der Waals surface area contributed by atoms with E-state index in [0.29, 0.717) is 23.7 Å². The normalized spacial score (nSPS) is 15.1. The molecule has 0 bridgehead atoms. The highest BCUT2D eigenvalue weighted by Gasteiger charge is 2.32. The molecule has 0 radical (unpaired) electrons. The topological polar surface area (TPSA) is 84.0 Å². The molecular formula is C20H17FN4O2S. The molecule has 2 heterocycles. The Morgan fingerprint density at radius 1 is 1.21 bits per heavy atom. The van der Waals surface area contributed by atoms with Crippen LogP contribution in [-0.2, 0) is 17.8 Å². The van der Waals surface area contributed by atoms with E-state index in [-0.39, 0.29) is 17.7 Å². The van der Waals surface area contributed by atoms with E-state index < -0.39 is 5.82 Å². The number of carbonyl (C=O) groups is 2. The number of hydrogen-bond acceptors (Lipinski definition) is 5. The summed E-state index contributed by atoms with van der Waals surface area (Å²) in [6.45, 7) is 0.413. The molecule has 0 aliphatic heterocycles. The SMILES string of the molecule is O=C(Nc1nc2c(s1)CC[C@@H]2C(=O)NCc1cccnc1)c1ccc(F)cc1. The fraction of sp³-hybridized carbons (Fsp3) is 0.200. The summed E-state index contributed by atoms with van der Waals surface area (Å²) < 4.78 is 13.0. The third-order valence-electron chi connectivity index (χ3n) is 4.55. The molecule has 0 spiro atoms. The molecule has 6 nitrogen and oxygen atoms in total. The van der Waals surface area contributed by atoms with Crippen LogP contribution in [0.25, 0.3) is 0 Å². The van der Waals surface area contributed by atoms with Crippen LogP contribution < -0.4 is 10.6 Å². The minimum atomic E-state index is -0.398. The van der Waals surface area contributed by atoms with Crippen LogP contribution in [0.2, 0.25) is 0 Å². The molecule has 3 aromatic rings. The zero-order valence-electron chi connectivity index (χ0n) is 14.8. The van der Waals surface area contributed by atoms with E-state index in [1.54, 1.807) is 12.4 Å². The summed E-state index contributed by atoms with van der Waals surface area (Å²) in [6.07, 6.45) is 4.86. The third kappa shape index (κ3) is 3.91. The van der Waals surface area contributed by atoms with Gasteiger partial charge in [0.15, 0.2) is 5.13 Å². The van der Waals surface area contributed by atoms with E-state index in [1.165, 1.54) is 35.6 Å². The zero-order chi connectivity index (χ0) is 19.5. The lowest BCUT2D eigenvalue weighted by atomic mass is 10.1. The number of hydrogen-bond donors (Lipinski definition) is 2. The van der Waals surface area contributed by atoms with E-state index in [9.17, 15) is 14.0 Å². The Balaban J connectivity index is 1.41. The van der Waals surface area contributed by atoms with Crippen molar-refractivity contribution in [2.24, 2.45) is 0 Å². The standard InChI is InChI=1S/C20H17FN4O2S/c21-14-5-3-13(4-6-14)18(26)25-20-24-17-15(7-8-16(17)28-20)19(27)23-11-12-2-1-9-22-10-12/h1-6,9-10,15H,7-8,11H2,(H,23,27)(H,24,25,26)/t15-/m0/s1. The Labute approximate surface area is 164 Å². The van der Waals surface area contributed by atoms with Crippen molar-refractivity contribution in [2.45, 2.75) is 25.3 Å². The van der Waals surface area contributed by atoms with E-state index in [0.717, 1.165) is 22.6 Å². The molecule has 4 rings (SSSR count). The summed E-state index contributed by atoms with van der Waals surface area (Å²) in [5.74, 6) is -1.15. The predicted octanol–water partition coefficient (Wildman–Crippen LogP) is 3.28. The Morgan fingerprint density at radius 3 is 2.79 bits per heavy atom. The van der Waals surface area contributed by atoms with Gasteiger partial charge in [0, 0.05) is 29.4 Å². The largest absolute Gasteiger partial charge is 0.351 e. The Bertz CT molecular complexity index is 1000. The van der Waals surface area contributed by atoms with E-state index in [1.807, 2.05) is 12.1 Å². The molecule has 0 saturated heterocycles. The van der Waals surface area contributed by atoms with Crippen molar-refractivity contribution >= 4 is 28.3 Å². The quantitative estimate of drug-likeness (QED) is 0.693. The zero-order valence-corrected chi connectivity index (χ0v) is 15.6. The van der Waals surface area contributed by atoms with Gasteiger partial charge in [0.25, 0.3) is 5.91 Å². The lowest BCUT2D eigenvalue weighted by molar-refractivity contribution is -0.122. The highest BCUT2D eigenvalue weighted by molar-refractivity contribution is 7.16.